The van der Waals surface area contributed by atoms with E-state index in [1.54, 1.807) is 0 Å². The minimum atomic E-state index is 0.358. The number of hydrogen-bond acceptors (Lipinski definition) is 0. The maximum atomic E-state index is 2.44. The van der Waals surface area contributed by atoms with Crippen LogP contribution in [0, 0.1) is 0 Å². The standard InChI is InChI=1S/C54H38N2/c1-3-12-37(13-4-1)39-22-24-40(25-23-39)41-26-30-45(31-27-41)55-51-20-9-7-18-47(51)49-35-43(28-32-53(49)55)44-29-33-54-50(36-44)48-19-8-10-21-52(48)56(54)46-17-11-16-42(34-46)38-14-5-2-6-15-38/h1-26,28-36,41H,27H2. The van der Waals surface area contributed by atoms with E-state index in [0.29, 0.717) is 5.92 Å². The van der Waals surface area contributed by atoms with E-state index >= 15 is 0 Å². The smallest absolute Gasteiger partial charge is 0.0541 e. The van der Waals surface area contributed by atoms with Crippen LogP contribution in [0.4, 0.5) is 0 Å². The molecule has 0 bridgehead atoms. The first kappa shape index (κ1) is 32.3. The lowest BCUT2D eigenvalue weighted by molar-refractivity contribution is 0.850. The first-order valence-corrected chi connectivity index (χ1v) is 19.5. The van der Waals surface area contributed by atoms with Crippen molar-refractivity contribution >= 4 is 49.3 Å². The van der Waals surface area contributed by atoms with E-state index < -0.39 is 0 Å². The Balaban J connectivity index is 0.955. The van der Waals surface area contributed by atoms with Crippen LogP contribution in [0.2, 0.25) is 0 Å². The Hall–Kier alpha value is -7.16. The molecule has 11 rings (SSSR count). The van der Waals surface area contributed by atoms with Gasteiger partial charge in [-0.3, -0.25) is 0 Å². The van der Waals surface area contributed by atoms with Gasteiger partial charge in [0.25, 0.3) is 0 Å². The molecule has 0 fully saturated rings. The molecule has 10 aromatic rings. The predicted molar refractivity (Wildman–Crippen MR) is 237 cm³/mol. The highest BCUT2D eigenvalue weighted by atomic mass is 15.0. The van der Waals surface area contributed by atoms with Crippen LogP contribution in [0.15, 0.2) is 212 Å². The number of nitrogens with zero attached hydrogens (tertiary/aromatic N) is 2. The number of hydrogen-bond donors (Lipinski definition) is 0. The van der Waals surface area contributed by atoms with Crippen LogP contribution < -0.4 is 0 Å². The van der Waals surface area contributed by atoms with Crippen molar-refractivity contribution in [1.82, 2.24) is 9.13 Å². The molecular weight excluding hydrogens is 677 g/mol. The minimum absolute atomic E-state index is 0.358. The van der Waals surface area contributed by atoms with Crippen molar-refractivity contribution in [1.29, 1.82) is 0 Å². The maximum absolute atomic E-state index is 2.44. The van der Waals surface area contributed by atoms with Gasteiger partial charge >= 0.3 is 0 Å². The van der Waals surface area contributed by atoms with Crippen LogP contribution in [0.3, 0.4) is 0 Å². The van der Waals surface area contributed by atoms with Crippen LogP contribution in [-0.2, 0) is 0 Å². The van der Waals surface area contributed by atoms with Crippen molar-refractivity contribution in [3.05, 3.63) is 218 Å². The summed E-state index contributed by atoms with van der Waals surface area (Å²) in [5, 5.41) is 5.06. The average molecular weight is 715 g/mol. The lowest BCUT2D eigenvalue weighted by Gasteiger charge is -2.19. The average Bonchev–Trinajstić information content (AvgIpc) is 3.79. The molecule has 0 aliphatic heterocycles. The third-order valence-electron chi connectivity index (χ3n) is 11.7. The van der Waals surface area contributed by atoms with E-state index in [9.17, 15) is 0 Å². The molecule has 2 aromatic heterocycles. The number of para-hydroxylation sites is 2. The molecule has 1 aliphatic rings. The van der Waals surface area contributed by atoms with Gasteiger partial charge < -0.3 is 9.13 Å². The highest BCUT2D eigenvalue weighted by molar-refractivity contribution is 6.13. The Morgan fingerprint density at radius 2 is 0.839 bits per heavy atom. The van der Waals surface area contributed by atoms with Crippen molar-refractivity contribution in [3.63, 3.8) is 0 Å². The predicted octanol–water partition coefficient (Wildman–Crippen LogP) is 14.5. The highest BCUT2D eigenvalue weighted by Crippen LogP contribution is 2.40. The zero-order chi connectivity index (χ0) is 37.0. The van der Waals surface area contributed by atoms with Crippen molar-refractivity contribution < 1.29 is 0 Å². The fraction of sp³-hybridized carbons (Fsp3) is 0.0370. The van der Waals surface area contributed by atoms with Crippen molar-refractivity contribution in [3.8, 4) is 39.1 Å². The number of fused-ring (bicyclic) bond motifs is 6. The summed E-state index contributed by atoms with van der Waals surface area (Å²) in [7, 11) is 0. The summed E-state index contributed by atoms with van der Waals surface area (Å²) in [5.41, 5.74) is 16.0. The molecule has 1 aliphatic carbocycles. The molecule has 1 unspecified atom stereocenters. The molecule has 264 valence electrons. The minimum Gasteiger partial charge on any atom is -0.310 e. The molecule has 2 heterocycles. The largest absolute Gasteiger partial charge is 0.310 e. The van der Waals surface area contributed by atoms with Gasteiger partial charge in [0.05, 0.1) is 22.1 Å². The Labute approximate surface area is 326 Å². The van der Waals surface area contributed by atoms with Crippen LogP contribution in [0.25, 0.3) is 88.4 Å². The van der Waals surface area contributed by atoms with Crippen LogP contribution in [-0.4, -0.2) is 9.13 Å². The fourth-order valence-corrected chi connectivity index (χ4v) is 8.89. The van der Waals surface area contributed by atoms with E-state index in [4.69, 9.17) is 0 Å². The van der Waals surface area contributed by atoms with E-state index in [-0.39, 0.29) is 0 Å². The fourth-order valence-electron chi connectivity index (χ4n) is 8.89. The Kier molecular flexibility index (Phi) is 7.67. The van der Waals surface area contributed by atoms with Gasteiger partial charge in [0.1, 0.15) is 0 Å². The summed E-state index contributed by atoms with van der Waals surface area (Å²) >= 11 is 0. The number of aromatic nitrogens is 2. The Morgan fingerprint density at radius 1 is 0.357 bits per heavy atom. The normalized spacial score (nSPS) is 14.2. The van der Waals surface area contributed by atoms with Gasteiger partial charge in [-0.1, -0.05) is 158 Å². The second kappa shape index (κ2) is 13.3. The molecule has 0 spiro atoms. The molecule has 0 saturated heterocycles. The SMILES string of the molecule is C1=CC(c2ccc(-c3ccccc3)cc2)CC=C1n1c2ccccc2c2cc(-c3ccc4c(c3)c3ccccc3n4-c3cccc(-c4ccccc4)c3)ccc21. The van der Waals surface area contributed by atoms with Crippen molar-refractivity contribution in [2.24, 2.45) is 0 Å². The van der Waals surface area contributed by atoms with Gasteiger partial charge in [-0.25, -0.2) is 0 Å². The van der Waals surface area contributed by atoms with Gasteiger partial charge in [0.2, 0.25) is 0 Å². The molecular formula is C54H38N2. The van der Waals surface area contributed by atoms with Crippen LogP contribution in [0.1, 0.15) is 17.9 Å². The van der Waals surface area contributed by atoms with Crippen LogP contribution in [0.5, 0.6) is 0 Å². The Bertz CT molecular complexity index is 3140. The molecule has 0 amide bonds. The van der Waals surface area contributed by atoms with E-state index in [2.05, 4.69) is 221 Å². The summed E-state index contributed by atoms with van der Waals surface area (Å²) < 4.78 is 4.85. The van der Waals surface area contributed by atoms with Crippen molar-refractivity contribution in [2.75, 3.05) is 0 Å². The van der Waals surface area contributed by atoms with Gasteiger partial charge in [-0.2, -0.15) is 0 Å². The first-order chi connectivity index (χ1) is 27.8. The molecule has 1 atom stereocenters. The van der Waals surface area contributed by atoms with E-state index in [1.165, 1.54) is 88.3 Å². The second-order valence-electron chi connectivity index (χ2n) is 14.9. The maximum Gasteiger partial charge on any atom is 0.0541 e. The molecule has 0 N–H and O–H groups in total. The van der Waals surface area contributed by atoms with Gasteiger partial charge in [0.15, 0.2) is 0 Å². The van der Waals surface area contributed by atoms with E-state index in [0.717, 1.165) is 12.1 Å². The topological polar surface area (TPSA) is 9.86 Å². The Morgan fingerprint density at radius 3 is 1.46 bits per heavy atom. The molecule has 8 aromatic carbocycles. The lowest BCUT2D eigenvalue weighted by Crippen LogP contribution is -2.02. The zero-order valence-electron chi connectivity index (χ0n) is 30.9. The monoisotopic (exact) mass is 714 g/mol. The highest BCUT2D eigenvalue weighted by Gasteiger charge is 2.19. The lowest BCUT2D eigenvalue weighted by atomic mass is 9.90. The first-order valence-electron chi connectivity index (χ1n) is 19.5. The number of benzene rings is 8. The summed E-state index contributed by atoms with van der Waals surface area (Å²) in [6, 6.07) is 70.8. The zero-order valence-corrected chi connectivity index (χ0v) is 30.9. The molecule has 2 heteroatoms. The summed E-state index contributed by atoms with van der Waals surface area (Å²) in [6.07, 6.45) is 8.07. The quantitative estimate of drug-likeness (QED) is 0.162. The molecule has 0 saturated carbocycles. The molecule has 56 heavy (non-hydrogen) atoms. The summed E-state index contributed by atoms with van der Waals surface area (Å²) in [5.74, 6) is 0.358. The van der Waals surface area contributed by atoms with Gasteiger partial charge in [-0.05, 0) is 100.0 Å². The van der Waals surface area contributed by atoms with Crippen LogP contribution >= 0.6 is 0 Å². The second-order valence-corrected chi connectivity index (χ2v) is 14.9. The number of allylic oxidation sites excluding steroid dienone is 4. The third kappa shape index (κ3) is 5.41. The summed E-state index contributed by atoms with van der Waals surface area (Å²) in [4.78, 5) is 0. The molecule has 0 radical (unpaired) electrons. The number of rotatable bonds is 6. The van der Waals surface area contributed by atoms with Gasteiger partial charge in [0, 0.05) is 38.8 Å². The molecule has 2 nitrogen and oxygen atoms in total. The third-order valence-corrected chi connectivity index (χ3v) is 11.7. The van der Waals surface area contributed by atoms with Crippen molar-refractivity contribution in [2.45, 2.75) is 12.3 Å². The van der Waals surface area contributed by atoms with Gasteiger partial charge in [-0.15, -0.1) is 0 Å². The van der Waals surface area contributed by atoms with E-state index in [1.807, 2.05) is 0 Å². The summed E-state index contributed by atoms with van der Waals surface area (Å²) in [6.45, 7) is 0.